The summed E-state index contributed by atoms with van der Waals surface area (Å²) in [6, 6.07) is 13.5. The second-order valence-corrected chi connectivity index (χ2v) is 10.7. The number of primary sulfonamides is 1. The average molecular weight is 528 g/mol. The number of benzene rings is 2. The summed E-state index contributed by atoms with van der Waals surface area (Å²) in [6.07, 6.45) is 6.86. The van der Waals surface area contributed by atoms with Crippen molar-refractivity contribution in [2.75, 3.05) is 25.0 Å². The van der Waals surface area contributed by atoms with Crippen LogP contribution in [0.2, 0.25) is 0 Å². The van der Waals surface area contributed by atoms with E-state index in [-0.39, 0.29) is 28.2 Å². The Kier molecular flexibility index (Phi) is 9.77. The van der Waals surface area contributed by atoms with E-state index in [0.717, 1.165) is 31.2 Å². The van der Waals surface area contributed by atoms with E-state index in [9.17, 15) is 13.2 Å². The lowest BCUT2D eigenvalue weighted by Gasteiger charge is -2.29. The van der Waals surface area contributed by atoms with E-state index in [1.807, 2.05) is 25.1 Å². The first-order valence-corrected chi connectivity index (χ1v) is 14.2. The molecule has 1 atom stereocenters. The van der Waals surface area contributed by atoms with Crippen molar-refractivity contribution in [1.82, 2.24) is 4.90 Å². The second-order valence-electron chi connectivity index (χ2n) is 9.13. The molecule has 0 fully saturated rings. The Morgan fingerprint density at radius 1 is 1.05 bits per heavy atom. The molecule has 0 aliphatic rings. The highest BCUT2D eigenvalue weighted by atomic mass is 32.2. The van der Waals surface area contributed by atoms with E-state index >= 15 is 0 Å². The zero-order valence-electron chi connectivity index (χ0n) is 22.0. The van der Waals surface area contributed by atoms with Crippen LogP contribution in [-0.4, -0.2) is 39.4 Å². The maximum Gasteiger partial charge on any atom is 0.254 e. The van der Waals surface area contributed by atoms with Crippen LogP contribution in [0.5, 0.6) is 11.5 Å². The van der Waals surface area contributed by atoms with E-state index in [4.69, 9.17) is 14.3 Å². The highest BCUT2D eigenvalue weighted by Crippen LogP contribution is 2.40. The molecule has 2 N–H and O–H groups in total. The van der Waals surface area contributed by atoms with E-state index in [1.54, 1.807) is 48.7 Å². The zero-order valence-corrected chi connectivity index (χ0v) is 22.8. The van der Waals surface area contributed by atoms with Crippen LogP contribution in [0.25, 0.3) is 0 Å². The SMILES string of the molecule is CCCCN(CCCC)c1cc(C(=O)N(C)C(C)c2ccoc2)cc(S(N)(=O)=O)c1Oc1ccccc1. The summed E-state index contributed by atoms with van der Waals surface area (Å²) in [5.41, 5.74) is 1.58. The van der Waals surface area contributed by atoms with Crippen LogP contribution in [0.3, 0.4) is 0 Å². The Bertz CT molecular complexity index is 1250. The molecule has 1 amide bonds. The lowest BCUT2D eigenvalue weighted by atomic mass is 10.1. The largest absolute Gasteiger partial charge is 0.472 e. The van der Waals surface area contributed by atoms with Gasteiger partial charge < -0.3 is 19.0 Å². The minimum atomic E-state index is -4.23. The molecule has 3 aromatic rings. The van der Waals surface area contributed by atoms with Gasteiger partial charge in [-0.05, 0) is 50.1 Å². The molecule has 1 heterocycles. The van der Waals surface area contributed by atoms with Gasteiger partial charge in [-0.15, -0.1) is 0 Å². The number of nitrogens with zero attached hydrogens (tertiary/aromatic N) is 2. The first-order chi connectivity index (χ1) is 17.7. The second kappa shape index (κ2) is 12.8. The number of sulfonamides is 1. The molecule has 0 radical (unpaired) electrons. The molecule has 0 saturated carbocycles. The normalized spacial score (nSPS) is 12.2. The third kappa shape index (κ3) is 7.14. The molecular weight excluding hydrogens is 490 g/mol. The maximum atomic E-state index is 13.6. The number of para-hydroxylation sites is 1. The molecule has 0 saturated heterocycles. The number of carbonyl (C=O) groups is 1. The van der Waals surface area contributed by atoms with Crippen molar-refractivity contribution in [2.45, 2.75) is 57.4 Å². The number of furan rings is 1. The fraction of sp³-hybridized carbons (Fsp3) is 0.393. The number of rotatable bonds is 13. The van der Waals surface area contributed by atoms with Gasteiger partial charge in [-0.25, -0.2) is 13.6 Å². The van der Waals surface area contributed by atoms with Crippen molar-refractivity contribution in [1.29, 1.82) is 0 Å². The van der Waals surface area contributed by atoms with Crippen molar-refractivity contribution in [3.8, 4) is 11.5 Å². The lowest BCUT2D eigenvalue weighted by Crippen LogP contribution is -2.31. The van der Waals surface area contributed by atoms with E-state index in [1.165, 1.54) is 6.07 Å². The Hall–Kier alpha value is -3.30. The summed E-state index contributed by atoms with van der Waals surface area (Å²) in [5.74, 6) is 0.268. The summed E-state index contributed by atoms with van der Waals surface area (Å²) < 4.78 is 37.1. The van der Waals surface area contributed by atoms with Gasteiger partial charge in [0.1, 0.15) is 10.6 Å². The number of hydrogen-bond donors (Lipinski definition) is 1. The lowest BCUT2D eigenvalue weighted by molar-refractivity contribution is 0.0742. The molecular formula is C28H37N3O5S. The van der Waals surface area contributed by atoms with Gasteiger partial charge in [0, 0.05) is 31.3 Å². The molecule has 3 rings (SSSR count). The van der Waals surface area contributed by atoms with Gasteiger partial charge in [-0.2, -0.15) is 0 Å². The molecule has 1 aromatic heterocycles. The highest BCUT2D eigenvalue weighted by Gasteiger charge is 2.28. The van der Waals surface area contributed by atoms with Crippen molar-refractivity contribution >= 4 is 21.6 Å². The van der Waals surface area contributed by atoms with Gasteiger partial charge in [0.25, 0.3) is 5.91 Å². The fourth-order valence-corrected chi connectivity index (χ4v) is 4.73. The summed E-state index contributed by atoms with van der Waals surface area (Å²) in [7, 11) is -2.56. The van der Waals surface area contributed by atoms with Crippen molar-refractivity contribution in [3.63, 3.8) is 0 Å². The first-order valence-electron chi connectivity index (χ1n) is 12.6. The highest BCUT2D eigenvalue weighted by molar-refractivity contribution is 7.89. The number of ether oxygens (including phenoxy) is 1. The van der Waals surface area contributed by atoms with E-state index in [2.05, 4.69) is 18.7 Å². The van der Waals surface area contributed by atoms with Gasteiger partial charge in [0.2, 0.25) is 10.0 Å². The molecule has 0 bridgehead atoms. The predicted octanol–water partition coefficient (Wildman–Crippen LogP) is 5.96. The molecule has 0 aliphatic carbocycles. The van der Waals surface area contributed by atoms with Gasteiger partial charge in [-0.3, -0.25) is 4.79 Å². The van der Waals surface area contributed by atoms with Crippen LogP contribution < -0.4 is 14.8 Å². The molecule has 1 unspecified atom stereocenters. The van der Waals surface area contributed by atoms with E-state index < -0.39 is 10.0 Å². The zero-order chi connectivity index (χ0) is 27.0. The van der Waals surface area contributed by atoms with Crippen LogP contribution in [0, 0.1) is 0 Å². The average Bonchev–Trinajstić information content (AvgIpc) is 3.43. The maximum absolute atomic E-state index is 13.6. The molecule has 2 aromatic carbocycles. The molecule has 8 nitrogen and oxygen atoms in total. The molecule has 200 valence electrons. The van der Waals surface area contributed by atoms with Gasteiger partial charge in [0.15, 0.2) is 5.75 Å². The Balaban J connectivity index is 2.18. The first kappa shape index (κ1) is 28.3. The molecule has 37 heavy (non-hydrogen) atoms. The standard InChI is InChI=1S/C28H37N3O5S/c1-5-7-15-31(16-8-6-2)25-18-23(28(32)30(4)21(3)22-14-17-35-20-22)19-26(37(29,33)34)27(25)36-24-12-10-9-11-13-24/h9-14,17-21H,5-8,15-16H2,1-4H3,(H2,29,33,34). The molecule has 0 aliphatic heterocycles. The number of hydrogen-bond acceptors (Lipinski definition) is 6. The van der Waals surface area contributed by atoms with Crippen molar-refractivity contribution < 1.29 is 22.4 Å². The number of nitrogens with two attached hydrogens (primary N) is 1. The van der Waals surface area contributed by atoms with Gasteiger partial charge in [-0.1, -0.05) is 44.9 Å². The van der Waals surface area contributed by atoms with Gasteiger partial charge >= 0.3 is 0 Å². The Morgan fingerprint density at radius 3 is 2.24 bits per heavy atom. The summed E-state index contributed by atoms with van der Waals surface area (Å²) >= 11 is 0. The smallest absolute Gasteiger partial charge is 0.254 e. The summed E-state index contributed by atoms with van der Waals surface area (Å²) in [4.78, 5) is 17.1. The Morgan fingerprint density at radius 2 is 1.70 bits per heavy atom. The monoisotopic (exact) mass is 527 g/mol. The van der Waals surface area contributed by atoms with Crippen LogP contribution >= 0.6 is 0 Å². The van der Waals surface area contributed by atoms with Crippen molar-refractivity contribution in [2.24, 2.45) is 5.14 Å². The number of amides is 1. The Labute approximate surface area is 220 Å². The van der Waals surface area contributed by atoms with Crippen LogP contribution in [-0.2, 0) is 10.0 Å². The minimum Gasteiger partial charge on any atom is -0.472 e. The number of unbranched alkanes of at least 4 members (excludes halogenated alkanes) is 2. The third-order valence-electron chi connectivity index (χ3n) is 6.38. The molecule has 0 spiro atoms. The summed E-state index contributed by atoms with van der Waals surface area (Å²) in [5, 5.41) is 5.70. The van der Waals surface area contributed by atoms with Crippen LogP contribution in [0.4, 0.5) is 5.69 Å². The van der Waals surface area contributed by atoms with Crippen molar-refractivity contribution in [3.05, 3.63) is 72.2 Å². The van der Waals surface area contributed by atoms with Crippen LogP contribution in [0.15, 0.2) is 70.4 Å². The molecule has 9 heteroatoms. The predicted molar refractivity (Wildman–Crippen MR) is 146 cm³/mol. The van der Waals surface area contributed by atoms with Crippen LogP contribution in [0.1, 0.15) is 68.4 Å². The van der Waals surface area contributed by atoms with Gasteiger partial charge in [0.05, 0.1) is 24.3 Å². The minimum absolute atomic E-state index is 0.128. The topological polar surface area (TPSA) is 106 Å². The quantitative estimate of drug-likeness (QED) is 0.294. The number of carbonyl (C=O) groups excluding carboxylic acids is 1. The third-order valence-corrected chi connectivity index (χ3v) is 7.30. The van der Waals surface area contributed by atoms with E-state index in [0.29, 0.717) is 24.5 Å². The number of anilines is 1. The fourth-order valence-electron chi connectivity index (χ4n) is 4.03. The summed E-state index contributed by atoms with van der Waals surface area (Å²) in [6.45, 7) is 7.45.